The van der Waals surface area contributed by atoms with Crippen LogP contribution in [0.4, 0.5) is 4.39 Å². The van der Waals surface area contributed by atoms with E-state index < -0.39 is 15.7 Å². The van der Waals surface area contributed by atoms with Crippen LogP contribution >= 0.6 is 0 Å². The average Bonchev–Trinajstić information content (AvgIpc) is 3.33. The molecule has 0 aliphatic carbocycles. The standard InChI is InChI=1S/C27H33FN2O4S.H2/c1-5-17(3)19-8-7-9-24(25(19)28)34-23-11-10-18(16-35(32,33)6-2)14-21(23)22-15-30(4)27(31)26-20(22)12-13-29-26;/h7-11,14-15,17,20,26,29H,5-6,12-13,16H2,1-4H3;1H. The maximum absolute atomic E-state index is 15.4. The van der Waals surface area contributed by atoms with Gasteiger partial charge in [0.2, 0.25) is 5.91 Å². The summed E-state index contributed by atoms with van der Waals surface area (Å²) in [5.74, 6) is 0.0844. The first-order valence-corrected chi connectivity index (χ1v) is 14.0. The SMILES string of the molecule is CCC(C)c1cccc(Oc2ccc(CS(=O)(=O)CC)cc2C2=CN(C)C(=O)C3NCCC23)c1F.[HH]. The summed E-state index contributed by atoms with van der Waals surface area (Å²) in [6.07, 6.45) is 3.36. The maximum Gasteiger partial charge on any atom is 0.244 e. The van der Waals surface area contributed by atoms with Crippen LogP contribution in [0, 0.1) is 11.7 Å². The van der Waals surface area contributed by atoms with Gasteiger partial charge in [0.25, 0.3) is 0 Å². The van der Waals surface area contributed by atoms with Crippen molar-refractivity contribution in [2.75, 3.05) is 19.3 Å². The van der Waals surface area contributed by atoms with E-state index in [2.05, 4.69) is 5.32 Å². The van der Waals surface area contributed by atoms with Crippen molar-refractivity contribution in [2.24, 2.45) is 5.92 Å². The summed E-state index contributed by atoms with van der Waals surface area (Å²) in [6.45, 7) is 6.32. The van der Waals surface area contributed by atoms with Gasteiger partial charge < -0.3 is 15.0 Å². The molecule has 1 amide bonds. The topological polar surface area (TPSA) is 75.7 Å². The molecule has 0 saturated carbocycles. The normalized spacial score (nSPS) is 21.0. The van der Waals surface area contributed by atoms with Crippen molar-refractivity contribution in [3.05, 3.63) is 65.1 Å². The lowest BCUT2D eigenvalue weighted by Crippen LogP contribution is -2.46. The Morgan fingerprint density at radius 2 is 2.00 bits per heavy atom. The molecule has 6 nitrogen and oxygen atoms in total. The van der Waals surface area contributed by atoms with E-state index in [0.29, 0.717) is 29.0 Å². The molecule has 190 valence electrons. The minimum atomic E-state index is -3.25. The Balaban J connectivity index is 0.00000361. The summed E-state index contributed by atoms with van der Waals surface area (Å²) in [4.78, 5) is 14.2. The molecule has 0 aromatic heterocycles. The lowest BCUT2D eigenvalue weighted by Gasteiger charge is -2.32. The second kappa shape index (κ2) is 10.1. The molecule has 2 aliphatic rings. The smallest absolute Gasteiger partial charge is 0.244 e. The van der Waals surface area contributed by atoms with Gasteiger partial charge in [-0.25, -0.2) is 12.8 Å². The number of rotatable bonds is 8. The Labute approximate surface area is 208 Å². The molecular weight excluding hydrogens is 467 g/mol. The van der Waals surface area contributed by atoms with Gasteiger partial charge in [-0.2, -0.15) is 0 Å². The molecule has 1 saturated heterocycles. The number of nitrogens with zero attached hydrogens (tertiary/aromatic N) is 1. The van der Waals surface area contributed by atoms with Crippen LogP contribution in [-0.2, 0) is 20.4 Å². The van der Waals surface area contributed by atoms with Crippen molar-refractivity contribution in [3.8, 4) is 11.5 Å². The van der Waals surface area contributed by atoms with Crippen LogP contribution < -0.4 is 10.1 Å². The predicted octanol–water partition coefficient (Wildman–Crippen LogP) is 5.10. The summed E-state index contributed by atoms with van der Waals surface area (Å²) >= 11 is 0. The van der Waals surface area contributed by atoms with E-state index in [0.717, 1.165) is 18.4 Å². The monoisotopic (exact) mass is 502 g/mol. The van der Waals surface area contributed by atoms with Crippen LogP contribution in [0.5, 0.6) is 11.5 Å². The number of nitrogens with one attached hydrogen (secondary N) is 1. The number of carbonyl (C=O) groups is 1. The second-order valence-electron chi connectivity index (χ2n) is 9.44. The molecule has 2 aromatic rings. The molecule has 2 aliphatic heterocycles. The van der Waals surface area contributed by atoms with Gasteiger partial charge in [-0.3, -0.25) is 4.79 Å². The molecule has 0 bridgehead atoms. The Morgan fingerprint density at radius 3 is 2.71 bits per heavy atom. The van der Waals surface area contributed by atoms with Gasteiger partial charge in [-0.1, -0.05) is 39.0 Å². The number of sulfone groups is 1. The molecule has 3 unspecified atom stereocenters. The molecule has 2 aromatic carbocycles. The maximum atomic E-state index is 15.4. The van der Waals surface area contributed by atoms with Gasteiger partial charge in [0, 0.05) is 31.9 Å². The van der Waals surface area contributed by atoms with Crippen LogP contribution in [0.25, 0.3) is 5.57 Å². The van der Waals surface area contributed by atoms with E-state index in [4.69, 9.17) is 4.74 Å². The van der Waals surface area contributed by atoms with Crippen LogP contribution in [0.15, 0.2) is 42.6 Å². The van der Waals surface area contributed by atoms with Gasteiger partial charge >= 0.3 is 0 Å². The van der Waals surface area contributed by atoms with Gasteiger partial charge in [-0.15, -0.1) is 0 Å². The Kier molecular flexibility index (Phi) is 7.33. The van der Waals surface area contributed by atoms with Gasteiger partial charge in [0.05, 0.1) is 11.8 Å². The third-order valence-corrected chi connectivity index (χ3v) is 8.76. The van der Waals surface area contributed by atoms with Crippen molar-refractivity contribution in [1.82, 2.24) is 10.2 Å². The molecule has 1 N–H and O–H groups in total. The molecule has 0 spiro atoms. The van der Waals surface area contributed by atoms with E-state index in [1.807, 2.05) is 19.9 Å². The number of fused-ring (bicyclic) bond motifs is 1. The Bertz CT molecular complexity index is 1260. The Hall–Kier alpha value is -2.71. The predicted molar refractivity (Wildman–Crippen MR) is 138 cm³/mol. The summed E-state index contributed by atoms with van der Waals surface area (Å²) < 4.78 is 46.2. The Morgan fingerprint density at radius 1 is 1.23 bits per heavy atom. The highest BCUT2D eigenvalue weighted by Gasteiger charge is 2.41. The van der Waals surface area contributed by atoms with E-state index >= 15 is 4.39 Å². The van der Waals surface area contributed by atoms with Crippen molar-refractivity contribution < 1.29 is 23.8 Å². The third kappa shape index (κ3) is 5.14. The fourth-order valence-corrected chi connectivity index (χ4v) is 5.71. The van der Waals surface area contributed by atoms with Gasteiger partial charge in [-0.05, 0) is 60.2 Å². The summed E-state index contributed by atoms with van der Waals surface area (Å²) in [6, 6.07) is 10.0. The first-order valence-electron chi connectivity index (χ1n) is 12.2. The number of amides is 1. The lowest BCUT2D eigenvalue weighted by molar-refractivity contribution is -0.130. The van der Waals surface area contributed by atoms with E-state index in [1.54, 1.807) is 55.4 Å². The fraction of sp³-hybridized carbons (Fsp3) is 0.444. The highest BCUT2D eigenvalue weighted by atomic mass is 32.2. The highest BCUT2D eigenvalue weighted by molar-refractivity contribution is 7.90. The minimum absolute atomic E-state index is 0. The van der Waals surface area contributed by atoms with Crippen molar-refractivity contribution >= 4 is 21.3 Å². The lowest BCUT2D eigenvalue weighted by atomic mass is 9.84. The van der Waals surface area contributed by atoms with E-state index in [-0.39, 0.29) is 42.5 Å². The molecule has 1 fully saturated rings. The van der Waals surface area contributed by atoms with Crippen LogP contribution in [-0.4, -0.2) is 44.6 Å². The minimum Gasteiger partial charge on any atom is -0.454 e. The van der Waals surface area contributed by atoms with Crippen molar-refractivity contribution in [2.45, 2.75) is 51.3 Å². The van der Waals surface area contributed by atoms with Crippen LogP contribution in [0.2, 0.25) is 0 Å². The number of hydrogen-bond acceptors (Lipinski definition) is 5. The number of hydrogen-bond donors (Lipinski definition) is 1. The van der Waals surface area contributed by atoms with Crippen molar-refractivity contribution in [1.29, 1.82) is 0 Å². The van der Waals surface area contributed by atoms with Crippen molar-refractivity contribution in [3.63, 3.8) is 0 Å². The number of likely N-dealkylation sites (N-methyl/N-ethyl adjacent to an activating group) is 1. The highest BCUT2D eigenvalue weighted by Crippen LogP contribution is 2.42. The zero-order valence-electron chi connectivity index (χ0n) is 20.7. The zero-order chi connectivity index (χ0) is 25.3. The molecule has 4 rings (SSSR count). The first-order chi connectivity index (χ1) is 16.6. The number of ether oxygens (including phenoxy) is 1. The average molecular weight is 503 g/mol. The second-order valence-corrected chi connectivity index (χ2v) is 11.8. The molecule has 0 radical (unpaired) electrons. The molecule has 3 atom stereocenters. The van der Waals surface area contributed by atoms with Crippen LogP contribution in [0.3, 0.4) is 0 Å². The van der Waals surface area contributed by atoms with E-state index in [1.165, 1.54) is 0 Å². The fourth-order valence-electron chi connectivity index (χ4n) is 4.82. The summed E-state index contributed by atoms with van der Waals surface area (Å²) in [7, 11) is -1.54. The number of halogens is 1. The van der Waals surface area contributed by atoms with Gasteiger partial charge in [0.15, 0.2) is 21.4 Å². The van der Waals surface area contributed by atoms with Crippen LogP contribution in [0.1, 0.15) is 57.6 Å². The number of carbonyl (C=O) groups excluding carboxylic acids is 1. The summed E-state index contributed by atoms with van der Waals surface area (Å²) in [5.41, 5.74) is 2.79. The van der Waals surface area contributed by atoms with Gasteiger partial charge in [0.1, 0.15) is 5.75 Å². The summed E-state index contributed by atoms with van der Waals surface area (Å²) in [5, 5.41) is 3.28. The molecule has 8 heteroatoms. The zero-order valence-corrected chi connectivity index (χ0v) is 21.5. The largest absolute Gasteiger partial charge is 0.454 e. The number of benzene rings is 2. The first kappa shape index (κ1) is 25.4. The molecular formula is C27H35FN2O4S. The quantitative estimate of drug-likeness (QED) is 0.543. The third-order valence-electron chi connectivity index (χ3n) is 7.11. The molecule has 35 heavy (non-hydrogen) atoms. The van der Waals surface area contributed by atoms with E-state index in [9.17, 15) is 13.2 Å². The molecule has 2 heterocycles.